The smallest absolute Gasteiger partial charge is 0.278 e. The Morgan fingerprint density at radius 3 is 2.59 bits per heavy atom. The predicted molar refractivity (Wildman–Crippen MR) is 118 cm³/mol. The van der Waals surface area contributed by atoms with Gasteiger partial charge in [-0.15, -0.1) is 5.10 Å². The van der Waals surface area contributed by atoms with Crippen molar-refractivity contribution in [2.24, 2.45) is 0 Å². The summed E-state index contributed by atoms with van der Waals surface area (Å²) in [5, 5.41) is 11.0. The first kappa shape index (κ1) is 21.1. The van der Waals surface area contributed by atoms with Gasteiger partial charge in [0.05, 0.1) is 32.1 Å². The summed E-state index contributed by atoms with van der Waals surface area (Å²) in [5.74, 6) is 1.93. The first-order valence-electron chi connectivity index (χ1n) is 9.95. The van der Waals surface area contributed by atoms with Gasteiger partial charge in [-0.3, -0.25) is 4.79 Å². The predicted octanol–water partition coefficient (Wildman–Crippen LogP) is 3.87. The highest BCUT2D eigenvalue weighted by Crippen LogP contribution is 2.29. The van der Waals surface area contributed by atoms with Crippen LogP contribution in [0.15, 0.2) is 52.9 Å². The van der Waals surface area contributed by atoms with Crippen LogP contribution in [0.3, 0.4) is 0 Å². The van der Waals surface area contributed by atoms with Gasteiger partial charge in [0, 0.05) is 11.6 Å². The zero-order valence-electron chi connectivity index (χ0n) is 18.2. The second kappa shape index (κ2) is 8.93. The van der Waals surface area contributed by atoms with Crippen LogP contribution < -0.4 is 14.8 Å². The topological polar surface area (TPSA) is 104 Å². The molecule has 0 saturated heterocycles. The molecule has 0 aliphatic rings. The minimum atomic E-state index is -0.401. The van der Waals surface area contributed by atoms with Gasteiger partial charge in [0.1, 0.15) is 23.0 Å². The second-order valence-corrected chi connectivity index (χ2v) is 7.09. The summed E-state index contributed by atoms with van der Waals surface area (Å²) >= 11 is 0. The average molecular weight is 433 g/mol. The standard InChI is InChI=1S/C23H23N5O4/c1-14-21(22(29)24-18-12-17(30-3)10-11-20(18)31-4)26-27-28(14)13-19-15(2)32-23(25-19)16-8-6-5-7-9-16/h5-12H,13H2,1-4H3,(H,24,29). The molecule has 0 radical (unpaired) electrons. The number of ether oxygens (including phenoxy) is 2. The fraction of sp³-hybridized carbons (Fsp3) is 0.217. The molecule has 4 aromatic rings. The quantitative estimate of drug-likeness (QED) is 0.472. The third-order valence-electron chi connectivity index (χ3n) is 5.07. The number of nitrogens with one attached hydrogen (secondary N) is 1. The fourth-order valence-electron chi connectivity index (χ4n) is 3.23. The lowest BCUT2D eigenvalue weighted by atomic mass is 10.2. The van der Waals surface area contributed by atoms with Crippen LogP contribution in [-0.2, 0) is 6.54 Å². The van der Waals surface area contributed by atoms with E-state index in [1.165, 1.54) is 7.11 Å². The summed E-state index contributed by atoms with van der Waals surface area (Å²) in [6, 6.07) is 14.8. The average Bonchev–Trinajstić information content (AvgIpc) is 3.37. The Hall–Kier alpha value is -4.14. The van der Waals surface area contributed by atoms with Gasteiger partial charge < -0.3 is 19.2 Å². The van der Waals surface area contributed by atoms with Crippen LogP contribution in [0.1, 0.15) is 27.6 Å². The number of aryl methyl sites for hydroxylation is 1. The number of hydrogen-bond donors (Lipinski definition) is 1. The molecule has 9 nitrogen and oxygen atoms in total. The van der Waals surface area contributed by atoms with Gasteiger partial charge in [-0.05, 0) is 38.1 Å². The van der Waals surface area contributed by atoms with Gasteiger partial charge in [-0.25, -0.2) is 9.67 Å². The Kier molecular flexibility index (Phi) is 5.89. The van der Waals surface area contributed by atoms with E-state index in [2.05, 4.69) is 20.6 Å². The van der Waals surface area contributed by atoms with Crippen LogP contribution in [-0.4, -0.2) is 40.1 Å². The van der Waals surface area contributed by atoms with E-state index in [0.717, 1.165) is 11.3 Å². The van der Waals surface area contributed by atoms with E-state index >= 15 is 0 Å². The molecule has 2 heterocycles. The van der Waals surface area contributed by atoms with E-state index in [9.17, 15) is 4.79 Å². The molecular weight excluding hydrogens is 410 g/mol. The molecule has 2 aromatic carbocycles. The molecular formula is C23H23N5O4. The van der Waals surface area contributed by atoms with Crippen molar-refractivity contribution in [3.05, 3.63) is 71.4 Å². The van der Waals surface area contributed by atoms with Crippen LogP contribution in [0.2, 0.25) is 0 Å². The summed E-state index contributed by atoms with van der Waals surface area (Å²) in [7, 11) is 3.08. The minimum Gasteiger partial charge on any atom is -0.497 e. The molecule has 2 aromatic heterocycles. The zero-order valence-corrected chi connectivity index (χ0v) is 18.2. The maximum atomic E-state index is 12.9. The Balaban J connectivity index is 1.54. The van der Waals surface area contributed by atoms with E-state index in [4.69, 9.17) is 13.9 Å². The van der Waals surface area contributed by atoms with E-state index in [-0.39, 0.29) is 5.69 Å². The lowest BCUT2D eigenvalue weighted by Gasteiger charge is -2.11. The number of amides is 1. The number of carbonyl (C=O) groups excluding carboxylic acids is 1. The fourth-order valence-corrected chi connectivity index (χ4v) is 3.23. The van der Waals surface area contributed by atoms with E-state index < -0.39 is 5.91 Å². The SMILES string of the molecule is COc1ccc(OC)c(NC(=O)c2nnn(Cc3nc(-c4ccccc4)oc3C)c2C)c1. The molecule has 1 N–H and O–H groups in total. The molecule has 164 valence electrons. The molecule has 0 fully saturated rings. The highest BCUT2D eigenvalue weighted by atomic mass is 16.5. The van der Waals surface area contributed by atoms with Crippen LogP contribution >= 0.6 is 0 Å². The van der Waals surface area contributed by atoms with Crippen molar-refractivity contribution < 1.29 is 18.7 Å². The Labute approximate surface area is 185 Å². The number of carbonyl (C=O) groups is 1. The van der Waals surface area contributed by atoms with E-state index in [1.54, 1.807) is 36.9 Å². The molecule has 0 aliphatic heterocycles. The second-order valence-electron chi connectivity index (χ2n) is 7.09. The monoisotopic (exact) mass is 433 g/mol. The van der Waals surface area contributed by atoms with Crippen molar-refractivity contribution in [1.29, 1.82) is 0 Å². The van der Waals surface area contributed by atoms with Gasteiger partial charge >= 0.3 is 0 Å². The Morgan fingerprint density at radius 2 is 1.88 bits per heavy atom. The molecule has 0 atom stereocenters. The van der Waals surface area contributed by atoms with Gasteiger partial charge in [-0.1, -0.05) is 23.4 Å². The van der Waals surface area contributed by atoms with Crippen molar-refractivity contribution in [3.8, 4) is 23.0 Å². The van der Waals surface area contributed by atoms with Gasteiger partial charge in [0.15, 0.2) is 5.69 Å². The first-order valence-corrected chi connectivity index (χ1v) is 9.95. The van der Waals surface area contributed by atoms with Crippen LogP contribution in [0.5, 0.6) is 11.5 Å². The molecule has 0 bridgehead atoms. The summed E-state index contributed by atoms with van der Waals surface area (Å²) in [4.78, 5) is 17.5. The first-order chi connectivity index (χ1) is 15.5. The van der Waals surface area contributed by atoms with Crippen molar-refractivity contribution >= 4 is 11.6 Å². The molecule has 4 rings (SSSR count). The molecule has 32 heavy (non-hydrogen) atoms. The van der Waals surface area contributed by atoms with Crippen LogP contribution in [0, 0.1) is 13.8 Å². The van der Waals surface area contributed by atoms with Crippen molar-refractivity contribution in [2.45, 2.75) is 20.4 Å². The molecule has 0 saturated carbocycles. The molecule has 1 amide bonds. The normalized spacial score (nSPS) is 10.8. The summed E-state index contributed by atoms with van der Waals surface area (Å²) in [6.45, 7) is 3.96. The number of hydrogen-bond acceptors (Lipinski definition) is 7. The van der Waals surface area contributed by atoms with Gasteiger partial charge in [-0.2, -0.15) is 0 Å². The van der Waals surface area contributed by atoms with Crippen molar-refractivity contribution in [2.75, 3.05) is 19.5 Å². The number of oxazole rings is 1. The van der Waals surface area contributed by atoms with Gasteiger partial charge in [0.25, 0.3) is 5.91 Å². The lowest BCUT2D eigenvalue weighted by Crippen LogP contribution is -2.15. The third-order valence-corrected chi connectivity index (χ3v) is 5.07. The molecule has 0 aliphatic carbocycles. The lowest BCUT2D eigenvalue weighted by molar-refractivity contribution is 0.102. The zero-order chi connectivity index (χ0) is 22.7. The number of rotatable bonds is 7. The highest BCUT2D eigenvalue weighted by Gasteiger charge is 2.20. The minimum absolute atomic E-state index is 0.208. The number of nitrogens with zero attached hydrogens (tertiary/aromatic N) is 4. The highest BCUT2D eigenvalue weighted by molar-refractivity contribution is 6.04. The van der Waals surface area contributed by atoms with Crippen molar-refractivity contribution in [3.63, 3.8) is 0 Å². The number of benzene rings is 2. The number of methoxy groups -OCH3 is 2. The summed E-state index contributed by atoms with van der Waals surface area (Å²) in [5.41, 5.74) is 2.90. The van der Waals surface area contributed by atoms with E-state index in [0.29, 0.717) is 41.1 Å². The van der Waals surface area contributed by atoms with Gasteiger partial charge in [0.2, 0.25) is 5.89 Å². The summed E-state index contributed by atoms with van der Waals surface area (Å²) < 4.78 is 18.0. The Bertz CT molecular complexity index is 1250. The number of aromatic nitrogens is 4. The maximum absolute atomic E-state index is 12.9. The third kappa shape index (κ3) is 4.18. The molecule has 0 unspecified atom stereocenters. The maximum Gasteiger partial charge on any atom is 0.278 e. The molecule has 9 heteroatoms. The number of anilines is 1. The summed E-state index contributed by atoms with van der Waals surface area (Å²) in [6.07, 6.45) is 0. The van der Waals surface area contributed by atoms with Crippen molar-refractivity contribution in [1.82, 2.24) is 20.0 Å². The Morgan fingerprint density at radius 1 is 1.09 bits per heavy atom. The van der Waals surface area contributed by atoms with E-state index in [1.807, 2.05) is 37.3 Å². The molecule has 0 spiro atoms. The largest absolute Gasteiger partial charge is 0.497 e. The van der Waals surface area contributed by atoms with Crippen LogP contribution in [0.25, 0.3) is 11.5 Å². The van der Waals surface area contributed by atoms with Crippen LogP contribution in [0.4, 0.5) is 5.69 Å².